The monoisotopic (exact) mass is 411 g/mol. The van der Waals surface area contributed by atoms with Crippen molar-refractivity contribution in [1.82, 2.24) is 15.2 Å². The number of hydrogen-bond donors (Lipinski definition) is 1. The second-order valence-electron chi connectivity index (χ2n) is 6.05. The minimum Gasteiger partial charge on any atom is -0.493 e. The molecule has 1 aliphatic rings. The maximum atomic E-state index is 11.3. The molecular weight excluding hydrogens is 394 g/mol. The molecule has 10 heteroatoms. The first kappa shape index (κ1) is 18.9. The van der Waals surface area contributed by atoms with Crippen LogP contribution in [-0.4, -0.2) is 33.0 Å². The van der Waals surface area contributed by atoms with E-state index in [2.05, 4.69) is 20.5 Å². The summed E-state index contributed by atoms with van der Waals surface area (Å²) < 4.78 is 11.8. The standard InChI is InChI=1S/C19H17N5O4S/c1-3-27-15-9-8-11(24(25)26)10-13(15)17-20-14-7-5-4-6-12(14)16-18(28-17)21-19(29-2)23-22-16/h4-10,17,20H,3H2,1-2H3/t17-/m0/s1. The summed E-state index contributed by atoms with van der Waals surface area (Å²) in [7, 11) is 0. The summed E-state index contributed by atoms with van der Waals surface area (Å²) in [5.41, 5.74) is 2.46. The Hall–Kier alpha value is -3.40. The van der Waals surface area contributed by atoms with Crippen LogP contribution in [-0.2, 0) is 0 Å². The highest BCUT2D eigenvalue weighted by molar-refractivity contribution is 7.98. The number of nitrogens with zero attached hydrogens (tertiary/aromatic N) is 4. The van der Waals surface area contributed by atoms with Crippen LogP contribution in [0, 0.1) is 10.1 Å². The fourth-order valence-corrected chi connectivity index (χ4v) is 3.31. The lowest BCUT2D eigenvalue weighted by Gasteiger charge is -2.21. The molecule has 0 saturated carbocycles. The number of non-ortho nitro benzene ring substituents is 1. The summed E-state index contributed by atoms with van der Waals surface area (Å²) in [6, 6.07) is 11.9. The normalized spacial score (nSPS) is 14.6. The molecule has 0 amide bonds. The third-order valence-corrected chi connectivity index (χ3v) is 4.84. The van der Waals surface area contributed by atoms with Gasteiger partial charge in [0.05, 0.1) is 17.1 Å². The minimum atomic E-state index is -0.773. The summed E-state index contributed by atoms with van der Waals surface area (Å²) in [4.78, 5) is 15.3. The molecular formula is C19H17N5O4S. The van der Waals surface area contributed by atoms with Gasteiger partial charge in [-0.1, -0.05) is 30.0 Å². The predicted octanol–water partition coefficient (Wildman–Crippen LogP) is 4.07. The van der Waals surface area contributed by atoms with E-state index in [4.69, 9.17) is 9.47 Å². The van der Waals surface area contributed by atoms with Gasteiger partial charge in [0.2, 0.25) is 17.3 Å². The first-order valence-electron chi connectivity index (χ1n) is 8.83. The third-order valence-electron chi connectivity index (χ3n) is 4.30. The Morgan fingerprint density at radius 1 is 1.28 bits per heavy atom. The number of ether oxygens (including phenoxy) is 2. The number of aromatic nitrogens is 3. The van der Waals surface area contributed by atoms with Crippen molar-refractivity contribution in [2.24, 2.45) is 0 Å². The molecule has 2 heterocycles. The number of nitro groups is 1. The van der Waals surface area contributed by atoms with Gasteiger partial charge in [-0.3, -0.25) is 10.1 Å². The zero-order valence-electron chi connectivity index (χ0n) is 15.7. The largest absolute Gasteiger partial charge is 0.493 e. The maximum Gasteiger partial charge on any atom is 0.270 e. The van der Waals surface area contributed by atoms with Crippen molar-refractivity contribution in [2.45, 2.75) is 18.3 Å². The number of hydrogen-bond acceptors (Lipinski definition) is 9. The average molecular weight is 411 g/mol. The van der Waals surface area contributed by atoms with Gasteiger partial charge in [0.1, 0.15) is 5.75 Å². The van der Waals surface area contributed by atoms with Crippen molar-refractivity contribution < 1.29 is 14.4 Å². The lowest BCUT2D eigenvalue weighted by atomic mass is 10.1. The van der Waals surface area contributed by atoms with Gasteiger partial charge in [-0.05, 0) is 25.3 Å². The quantitative estimate of drug-likeness (QED) is 0.377. The van der Waals surface area contributed by atoms with Crippen LogP contribution in [0.4, 0.5) is 11.4 Å². The Bertz CT molecular complexity index is 1080. The van der Waals surface area contributed by atoms with E-state index in [0.717, 1.165) is 11.3 Å². The number of nitrogens with one attached hydrogen (secondary N) is 1. The molecule has 0 saturated heterocycles. The molecule has 0 bridgehead atoms. The van der Waals surface area contributed by atoms with Crippen LogP contribution in [0.2, 0.25) is 0 Å². The molecule has 9 nitrogen and oxygen atoms in total. The Labute approximate surface area is 170 Å². The third kappa shape index (κ3) is 3.66. The van der Waals surface area contributed by atoms with Gasteiger partial charge < -0.3 is 14.8 Å². The number of thioether (sulfide) groups is 1. The molecule has 4 rings (SSSR count). The van der Waals surface area contributed by atoms with Gasteiger partial charge in [0, 0.05) is 23.4 Å². The Morgan fingerprint density at radius 2 is 2.10 bits per heavy atom. The SMILES string of the molecule is CCOc1ccc([N+](=O)[O-])cc1[C@H]1Nc2ccccc2-c2nnc(SC)nc2O1. The number of benzene rings is 2. The first-order valence-corrected chi connectivity index (χ1v) is 10.1. The molecule has 148 valence electrons. The molecule has 1 atom stereocenters. The molecule has 1 aliphatic heterocycles. The second-order valence-corrected chi connectivity index (χ2v) is 6.83. The highest BCUT2D eigenvalue weighted by Crippen LogP contribution is 2.41. The van der Waals surface area contributed by atoms with Crippen molar-refractivity contribution in [1.29, 1.82) is 0 Å². The number of fused-ring (bicyclic) bond motifs is 3. The van der Waals surface area contributed by atoms with E-state index in [-0.39, 0.29) is 5.69 Å². The first-order chi connectivity index (χ1) is 14.1. The van der Waals surface area contributed by atoms with Crippen LogP contribution >= 0.6 is 11.8 Å². The van der Waals surface area contributed by atoms with Crippen LogP contribution < -0.4 is 14.8 Å². The second kappa shape index (κ2) is 7.92. The Kier molecular flexibility index (Phi) is 5.17. The van der Waals surface area contributed by atoms with E-state index < -0.39 is 11.2 Å². The van der Waals surface area contributed by atoms with Gasteiger partial charge >= 0.3 is 0 Å². The molecule has 29 heavy (non-hydrogen) atoms. The van der Waals surface area contributed by atoms with Crippen molar-refractivity contribution >= 4 is 23.1 Å². The molecule has 0 aliphatic carbocycles. The molecule has 1 N–H and O–H groups in total. The van der Waals surface area contributed by atoms with Crippen molar-refractivity contribution in [2.75, 3.05) is 18.2 Å². The van der Waals surface area contributed by atoms with Crippen molar-refractivity contribution in [3.8, 4) is 22.9 Å². The van der Waals surface area contributed by atoms with Gasteiger partial charge in [-0.2, -0.15) is 4.98 Å². The number of anilines is 1. The predicted molar refractivity (Wildman–Crippen MR) is 108 cm³/mol. The van der Waals surface area contributed by atoms with Crippen LogP contribution in [0.25, 0.3) is 11.3 Å². The van der Waals surface area contributed by atoms with Crippen LogP contribution in [0.15, 0.2) is 47.6 Å². The highest BCUT2D eigenvalue weighted by atomic mass is 32.2. The van der Waals surface area contributed by atoms with Gasteiger partial charge in [0.15, 0.2) is 5.69 Å². The van der Waals surface area contributed by atoms with Crippen molar-refractivity contribution in [3.63, 3.8) is 0 Å². The molecule has 3 aromatic rings. The zero-order valence-corrected chi connectivity index (χ0v) is 16.5. The number of rotatable bonds is 5. The van der Waals surface area contributed by atoms with Gasteiger partial charge in [-0.15, -0.1) is 10.2 Å². The van der Waals surface area contributed by atoms with Crippen molar-refractivity contribution in [3.05, 3.63) is 58.1 Å². The van der Waals surface area contributed by atoms with Gasteiger partial charge in [-0.25, -0.2) is 0 Å². The van der Waals surface area contributed by atoms with E-state index in [9.17, 15) is 10.1 Å². The van der Waals surface area contributed by atoms with E-state index in [1.54, 1.807) is 6.07 Å². The molecule has 0 radical (unpaired) electrons. The summed E-state index contributed by atoms with van der Waals surface area (Å²) in [5, 5.41) is 23.5. The van der Waals surface area contributed by atoms with Crippen LogP contribution in [0.5, 0.6) is 11.6 Å². The van der Waals surface area contributed by atoms with E-state index >= 15 is 0 Å². The fraction of sp³-hybridized carbons (Fsp3) is 0.211. The van der Waals surface area contributed by atoms with E-state index in [1.807, 2.05) is 37.4 Å². The molecule has 0 fully saturated rings. The van der Waals surface area contributed by atoms with E-state index in [1.165, 1.54) is 23.9 Å². The highest BCUT2D eigenvalue weighted by Gasteiger charge is 2.29. The Balaban J connectivity index is 1.88. The number of para-hydroxylation sites is 1. The smallest absolute Gasteiger partial charge is 0.270 e. The molecule has 0 spiro atoms. The number of nitro benzene ring substituents is 1. The van der Waals surface area contributed by atoms with Gasteiger partial charge in [0.25, 0.3) is 5.69 Å². The average Bonchev–Trinajstić information content (AvgIpc) is 2.90. The zero-order chi connectivity index (χ0) is 20.4. The molecule has 0 unspecified atom stereocenters. The molecule has 1 aromatic heterocycles. The lowest BCUT2D eigenvalue weighted by Crippen LogP contribution is -2.18. The van der Waals surface area contributed by atoms with E-state index in [0.29, 0.717) is 34.7 Å². The Morgan fingerprint density at radius 3 is 2.86 bits per heavy atom. The fourth-order valence-electron chi connectivity index (χ4n) is 3.02. The summed E-state index contributed by atoms with van der Waals surface area (Å²) in [6.07, 6.45) is 1.07. The minimum absolute atomic E-state index is 0.0581. The van der Waals surface area contributed by atoms with Crippen LogP contribution in [0.1, 0.15) is 18.7 Å². The maximum absolute atomic E-state index is 11.3. The molecule has 2 aromatic carbocycles. The summed E-state index contributed by atoms with van der Waals surface area (Å²) >= 11 is 1.35. The summed E-state index contributed by atoms with van der Waals surface area (Å²) in [5.74, 6) is 0.782. The van der Waals surface area contributed by atoms with Crippen LogP contribution in [0.3, 0.4) is 0 Å². The topological polar surface area (TPSA) is 112 Å². The summed E-state index contributed by atoms with van der Waals surface area (Å²) in [6.45, 7) is 2.25. The lowest BCUT2D eigenvalue weighted by molar-refractivity contribution is -0.385.